The Kier molecular flexibility index (Phi) is 3.86. The van der Waals surface area contributed by atoms with Crippen molar-refractivity contribution in [3.8, 4) is 0 Å². The van der Waals surface area contributed by atoms with Gasteiger partial charge in [0.2, 0.25) is 0 Å². The Morgan fingerprint density at radius 2 is 2.00 bits per heavy atom. The zero-order chi connectivity index (χ0) is 8.20. The molecule has 0 aliphatic rings. The lowest BCUT2D eigenvalue weighted by molar-refractivity contribution is -0.0217. The normalized spacial score (nSPS) is 15.3. The van der Waals surface area contributed by atoms with Gasteiger partial charge in [0.1, 0.15) is 12.0 Å². The van der Waals surface area contributed by atoms with E-state index >= 15 is 0 Å². The third kappa shape index (κ3) is 6.01. The molecule has 0 radical (unpaired) electrons. The van der Waals surface area contributed by atoms with Crippen LogP contribution in [0, 0.1) is 0 Å². The van der Waals surface area contributed by atoms with E-state index in [9.17, 15) is 0 Å². The summed E-state index contributed by atoms with van der Waals surface area (Å²) in [4.78, 5) is 0. The first-order valence-corrected chi connectivity index (χ1v) is 3.64. The van der Waals surface area contributed by atoms with Crippen LogP contribution in [0.2, 0.25) is 0 Å². The lowest BCUT2D eigenvalue weighted by Crippen LogP contribution is -2.45. The molecule has 0 heterocycles. The van der Waals surface area contributed by atoms with Crippen molar-refractivity contribution < 1.29 is 10.2 Å². The van der Waals surface area contributed by atoms with Crippen LogP contribution < -0.4 is 5.32 Å². The molecule has 1 atom stereocenters. The Morgan fingerprint density at radius 1 is 1.50 bits per heavy atom. The highest BCUT2D eigenvalue weighted by molar-refractivity contribution is 4.63. The fraction of sp³-hybridized carbons (Fsp3) is 1.00. The van der Waals surface area contributed by atoms with Crippen LogP contribution in [0.15, 0.2) is 0 Å². The zero-order valence-electron chi connectivity index (χ0n) is 6.89. The zero-order valence-corrected chi connectivity index (χ0v) is 6.89. The van der Waals surface area contributed by atoms with E-state index in [1.54, 1.807) is 13.8 Å². The molecule has 62 valence electrons. The van der Waals surface area contributed by atoms with Crippen molar-refractivity contribution in [3.05, 3.63) is 0 Å². The van der Waals surface area contributed by atoms with E-state index in [2.05, 4.69) is 5.32 Å². The van der Waals surface area contributed by atoms with E-state index in [0.29, 0.717) is 6.42 Å². The van der Waals surface area contributed by atoms with Gasteiger partial charge in [-0.15, -0.1) is 0 Å². The van der Waals surface area contributed by atoms with Crippen molar-refractivity contribution in [2.24, 2.45) is 0 Å². The predicted molar refractivity (Wildman–Crippen MR) is 40.3 cm³/mol. The molecule has 0 fully saturated rings. The van der Waals surface area contributed by atoms with E-state index < -0.39 is 12.0 Å². The van der Waals surface area contributed by atoms with Crippen LogP contribution in [0.3, 0.4) is 0 Å². The Balaban J connectivity index is 3.47. The van der Waals surface area contributed by atoms with Crippen molar-refractivity contribution in [1.82, 2.24) is 5.32 Å². The van der Waals surface area contributed by atoms with E-state index in [1.807, 2.05) is 6.92 Å². The molecule has 0 saturated heterocycles. The molecule has 0 saturated carbocycles. The van der Waals surface area contributed by atoms with E-state index in [4.69, 9.17) is 10.2 Å². The molecular weight excluding hydrogens is 130 g/mol. The summed E-state index contributed by atoms with van der Waals surface area (Å²) in [6, 6.07) is 0. The fourth-order valence-corrected chi connectivity index (χ4v) is 0.753. The standard InChI is InChI=1S/C7H17NO2/c1-4-5-6(9)8-7(2,3)10/h6,8-10H,4-5H2,1-3H3. The molecule has 0 aromatic carbocycles. The minimum absolute atomic E-state index is 0.593. The highest BCUT2D eigenvalue weighted by Gasteiger charge is 2.15. The number of nitrogens with one attached hydrogen (secondary N) is 1. The second kappa shape index (κ2) is 3.91. The van der Waals surface area contributed by atoms with Gasteiger partial charge in [-0.25, -0.2) is 0 Å². The van der Waals surface area contributed by atoms with Gasteiger partial charge in [-0.1, -0.05) is 13.3 Å². The van der Waals surface area contributed by atoms with Crippen LogP contribution >= 0.6 is 0 Å². The van der Waals surface area contributed by atoms with Gasteiger partial charge in [0.15, 0.2) is 0 Å². The summed E-state index contributed by atoms with van der Waals surface area (Å²) < 4.78 is 0. The number of hydrogen-bond donors (Lipinski definition) is 3. The molecule has 1 unspecified atom stereocenters. The maximum Gasteiger partial charge on any atom is 0.112 e. The van der Waals surface area contributed by atoms with Crippen LogP contribution in [0.5, 0.6) is 0 Å². The molecule has 0 bridgehead atoms. The molecule has 0 rings (SSSR count). The van der Waals surface area contributed by atoms with Crippen LogP contribution in [-0.2, 0) is 0 Å². The van der Waals surface area contributed by atoms with Gasteiger partial charge >= 0.3 is 0 Å². The van der Waals surface area contributed by atoms with E-state index in [0.717, 1.165) is 6.42 Å². The van der Waals surface area contributed by atoms with Crippen molar-refractivity contribution in [3.63, 3.8) is 0 Å². The topological polar surface area (TPSA) is 52.5 Å². The first-order chi connectivity index (χ1) is 4.45. The van der Waals surface area contributed by atoms with Crippen molar-refractivity contribution in [2.45, 2.75) is 45.6 Å². The second-order valence-corrected chi connectivity index (χ2v) is 3.01. The summed E-state index contributed by atoms with van der Waals surface area (Å²) in [6.45, 7) is 5.19. The Morgan fingerprint density at radius 3 is 2.30 bits per heavy atom. The summed E-state index contributed by atoms with van der Waals surface area (Å²) >= 11 is 0. The van der Waals surface area contributed by atoms with Crippen molar-refractivity contribution in [1.29, 1.82) is 0 Å². The predicted octanol–water partition coefficient (Wildman–Crippen LogP) is 0.423. The van der Waals surface area contributed by atoms with Gasteiger partial charge in [0.25, 0.3) is 0 Å². The van der Waals surface area contributed by atoms with Gasteiger partial charge in [-0.2, -0.15) is 0 Å². The van der Waals surface area contributed by atoms with Crippen molar-refractivity contribution >= 4 is 0 Å². The number of rotatable bonds is 4. The SMILES string of the molecule is CCCC(O)NC(C)(C)O. The molecule has 0 aromatic rings. The van der Waals surface area contributed by atoms with Gasteiger partial charge in [0.05, 0.1) is 0 Å². The van der Waals surface area contributed by atoms with Crippen LogP contribution in [-0.4, -0.2) is 22.2 Å². The molecule has 0 aliphatic carbocycles. The quantitative estimate of drug-likeness (QED) is 0.505. The molecule has 0 amide bonds. The molecule has 3 nitrogen and oxygen atoms in total. The molecule has 10 heavy (non-hydrogen) atoms. The molecule has 0 aromatic heterocycles. The molecule has 3 N–H and O–H groups in total. The summed E-state index contributed by atoms with van der Waals surface area (Å²) in [5, 5.41) is 20.9. The Labute approximate surface area is 62.1 Å². The average Bonchev–Trinajstić information content (AvgIpc) is 1.59. The Bertz CT molecular complexity index is 88.1. The van der Waals surface area contributed by atoms with Gasteiger partial charge in [-0.05, 0) is 20.3 Å². The van der Waals surface area contributed by atoms with Crippen LogP contribution in [0.1, 0.15) is 33.6 Å². The molecular formula is C7H17NO2. The van der Waals surface area contributed by atoms with Gasteiger partial charge < -0.3 is 10.2 Å². The third-order valence-corrected chi connectivity index (χ3v) is 1.08. The molecule has 0 spiro atoms. The van der Waals surface area contributed by atoms with E-state index in [1.165, 1.54) is 0 Å². The summed E-state index contributed by atoms with van der Waals surface area (Å²) in [5.41, 5.74) is -0.978. The van der Waals surface area contributed by atoms with E-state index in [-0.39, 0.29) is 0 Å². The number of hydrogen-bond acceptors (Lipinski definition) is 3. The largest absolute Gasteiger partial charge is 0.379 e. The lowest BCUT2D eigenvalue weighted by atomic mass is 10.2. The molecule has 0 aliphatic heterocycles. The number of aliphatic hydroxyl groups excluding tert-OH is 1. The fourth-order valence-electron chi connectivity index (χ4n) is 0.753. The van der Waals surface area contributed by atoms with Gasteiger partial charge in [-0.3, -0.25) is 5.32 Å². The first kappa shape index (κ1) is 9.88. The minimum atomic E-state index is -0.978. The van der Waals surface area contributed by atoms with Gasteiger partial charge in [0, 0.05) is 0 Å². The van der Waals surface area contributed by atoms with Crippen molar-refractivity contribution in [2.75, 3.05) is 0 Å². The summed E-state index contributed by atoms with van der Waals surface area (Å²) in [6.07, 6.45) is 0.985. The average molecular weight is 147 g/mol. The Hall–Kier alpha value is -0.120. The lowest BCUT2D eigenvalue weighted by Gasteiger charge is -2.23. The highest BCUT2D eigenvalue weighted by Crippen LogP contribution is 1.99. The maximum atomic E-state index is 9.14. The monoisotopic (exact) mass is 147 g/mol. The van der Waals surface area contributed by atoms with Crippen LogP contribution in [0.25, 0.3) is 0 Å². The second-order valence-electron chi connectivity index (χ2n) is 3.01. The maximum absolute atomic E-state index is 9.14. The smallest absolute Gasteiger partial charge is 0.112 e. The van der Waals surface area contributed by atoms with Crippen LogP contribution in [0.4, 0.5) is 0 Å². The first-order valence-electron chi connectivity index (χ1n) is 3.64. The highest BCUT2D eigenvalue weighted by atomic mass is 16.3. The summed E-state index contributed by atoms with van der Waals surface area (Å²) in [5.74, 6) is 0. The molecule has 3 heteroatoms. The number of aliphatic hydroxyl groups is 2. The minimum Gasteiger partial charge on any atom is -0.379 e. The summed E-state index contributed by atoms with van der Waals surface area (Å²) in [7, 11) is 0. The third-order valence-electron chi connectivity index (χ3n) is 1.08.